The highest BCUT2D eigenvalue weighted by Gasteiger charge is 2.14. The predicted octanol–water partition coefficient (Wildman–Crippen LogP) is 3.17. The number of amides is 1. The fraction of sp³-hybridized carbons (Fsp3) is 0.0714. The van der Waals surface area contributed by atoms with Gasteiger partial charge in [-0.2, -0.15) is 0 Å². The first-order valence-corrected chi connectivity index (χ1v) is 5.75. The molecule has 4 N–H and O–H groups in total. The van der Waals surface area contributed by atoms with E-state index in [1.165, 1.54) is 25.3 Å². The first-order valence-electron chi connectivity index (χ1n) is 5.75. The van der Waals surface area contributed by atoms with Crippen LogP contribution in [0.2, 0.25) is 0 Å². The van der Waals surface area contributed by atoms with Crippen molar-refractivity contribution in [1.82, 2.24) is 0 Å². The summed E-state index contributed by atoms with van der Waals surface area (Å²) in [6.45, 7) is 0. The molecule has 0 fully saturated rings. The van der Waals surface area contributed by atoms with Crippen molar-refractivity contribution in [1.29, 1.82) is 0 Å². The second kappa shape index (κ2) is 5.48. The number of anilines is 2. The molecule has 0 aliphatic rings. The fourth-order valence-corrected chi connectivity index (χ4v) is 1.88. The van der Waals surface area contributed by atoms with Gasteiger partial charge in [0.25, 0.3) is 0 Å². The Bertz CT molecular complexity index is 659. The maximum atomic E-state index is 13.8. The van der Waals surface area contributed by atoms with E-state index in [1.807, 2.05) is 0 Å². The van der Waals surface area contributed by atoms with Crippen molar-refractivity contribution in [3.05, 3.63) is 42.2 Å². The van der Waals surface area contributed by atoms with Gasteiger partial charge >= 0.3 is 6.09 Å². The van der Waals surface area contributed by atoms with Gasteiger partial charge in [0.15, 0.2) is 0 Å². The van der Waals surface area contributed by atoms with E-state index in [0.717, 1.165) is 0 Å². The molecule has 0 unspecified atom stereocenters. The van der Waals surface area contributed by atoms with Gasteiger partial charge in [0.1, 0.15) is 11.6 Å². The van der Waals surface area contributed by atoms with Crippen LogP contribution in [0.5, 0.6) is 5.75 Å². The SMILES string of the molecule is COc1cc(NC(=O)O)c(N)cc1-c1ccccc1F. The van der Waals surface area contributed by atoms with Crippen molar-refractivity contribution in [3.8, 4) is 16.9 Å². The van der Waals surface area contributed by atoms with Gasteiger partial charge in [-0.1, -0.05) is 18.2 Å². The summed E-state index contributed by atoms with van der Waals surface area (Å²) < 4.78 is 19.0. The molecule has 0 saturated heterocycles. The Balaban J connectivity index is 2.57. The molecular weight excluding hydrogens is 263 g/mol. The Morgan fingerprint density at radius 2 is 2.00 bits per heavy atom. The summed E-state index contributed by atoms with van der Waals surface area (Å²) in [6.07, 6.45) is -1.24. The van der Waals surface area contributed by atoms with Gasteiger partial charge in [0.05, 0.1) is 18.5 Å². The largest absolute Gasteiger partial charge is 0.496 e. The second-order valence-electron chi connectivity index (χ2n) is 4.05. The van der Waals surface area contributed by atoms with Gasteiger partial charge in [-0.3, -0.25) is 5.32 Å². The van der Waals surface area contributed by atoms with Crippen LogP contribution in [0.1, 0.15) is 0 Å². The van der Waals surface area contributed by atoms with Crippen molar-refractivity contribution in [2.45, 2.75) is 0 Å². The summed E-state index contributed by atoms with van der Waals surface area (Å²) in [4.78, 5) is 10.7. The molecule has 0 aliphatic carbocycles. The van der Waals surface area contributed by atoms with Crippen LogP contribution in [0.25, 0.3) is 11.1 Å². The molecule has 0 saturated carbocycles. The van der Waals surface area contributed by atoms with Gasteiger partial charge in [0.2, 0.25) is 0 Å². The van der Waals surface area contributed by atoms with Crippen LogP contribution >= 0.6 is 0 Å². The van der Waals surface area contributed by atoms with E-state index in [1.54, 1.807) is 18.2 Å². The lowest BCUT2D eigenvalue weighted by molar-refractivity contribution is 0.210. The third-order valence-electron chi connectivity index (χ3n) is 2.78. The fourth-order valence-electron chi connectivity index (χ4n) is 1.88. The molecule has 6 heteroatoms. The molecule has 0 bridgehead atoms. The van der Waals surface area contributed by atoms with E-state index in [2.05, 4.69) is 5.32 Å². The highest BCUT2D eigenvalue weighted by Crippen LogP contribution is 2.37. The van der Waals surface area contributed by atoms with Crippen molar-refractivity contribution in [2.75, 3.05) is 18.2 Å². The van der Waals surface area contributed by atoms with E-state index in [0.29, 0.717) is 16.9 Å². The summed E-state index contributed by atoms with van der Waals surface area (Å²) in [6, 6.07) is 9.09. The van der Waals surface area contributed by atoms with Crippen molar-refractivity contribution in [2.24, 2.45) is 0 Å². The van der Waals surface area contributed by atoms with Crippen LogP contribution in [-0.4, -0.2) is 18.3 Å². The number of nitrogen functional groups attached to an aromatic ring is 1. The van der Waals surface area contributed by atoms with E-state index >= 15 is 0 Å². The summed E-state index contributed by atoms with van der Waals surface area (Å²) in [5.41, 5.74) is 6.94. The smallest absolute Gasteiger partial charge is 0.409 e. The molecule has 0 aliphatic heterocycles. The number of carbonyl (C=O) groups is 1. The van der Waals surface area contributed by atoms with Gasteiger partial charge in [-0.05, 0) is 12.1 Å². The molecule has 2 aromatic carbocycles. The Morgan fingerprint density at radius 1 is 1.30 bits per heavy atom. The molecule has 1 amide bonds. The monoisotopic (exact) mass is 276 g/mol. The molecule has 104 valence electrons. The number of halogens is 1. The average Bonchev–Trinajstić information content (AvgIpc) is 2.41. The predicted molar refractivity (Wildman–Crippen MR) is 74.4 cm³/mol. The average molecular weight is 276 g/mol. The minimum Gasteiger partial charge on any atom is -0.496 e. The first-order chi connectivity index (χ1) is 9.52. The number of ether oxygens (including phenoxy) is 1. The minimum absolute atomic E-state index is 0.187. The quantitative estimate of drug-likeness (QED) is 0.752. The molecular formula is C14H13FN2O3. The van der Waals surface area contributed by atoms with Crippen LogP contribution in [0.3, 0.4) is 0 Å². The lowest BCUT2D eigenvalue weighted by atomic mass is 10.0. The van der Waals surface area contributed by atoms with Crippen LogP contribution in [0, 0.1) is 5.82 Å². The number of rotatable bonds is 3. The molecule has 20 heavy (non-hydrogen) atoms. The number of nitrogens with one attached hydrogen (secondary N) is 1. The summed E-state index contributed by atoms with van der Waals surface area (Å²) >= 11 is 0. The standard InChI is InChI=1S/C14H13FN2O3/c1-20-13-7-12(17-14(18)19)11(16)6-9(13)8-4-2-3-5-10(8)15/h2-7,17H,16H2,1H3,(H,18,19). The zero-order valence-corrected chi connectivity index (χ0v) is 10.7. The van der Waals surface area contributed by atoms with Crippen molar-refractivity contribution < 1.29 is 19.0 Å². The van der Waals surface area contributed by atoms with Gasteiger partial charge in [-0.25, -0.2) is 9.18 Å². The summed E-state index contributed by atoms with van der Waals surface area (Å²) in [7, 11) is 1.42. The van der Waals surface area contributed by atoms with E-state index in [-0.39, 0.29) is 11.4 Å². The van der Waals surface area contributed by atoms with E-state index in [9.17, 15) is 9.18 Å². The first kappa shape index (κ1) is 13.7. The third kappa shape index (κ3) is 2.64. The molecule has 0 heterocycles. The number of hydrogen-bond donors (Lipinski definition) is 3. The number of benzene rings is 2. The Labute approximate surface area is 114 Å². The number of hydrogen-bond acceptors (Lipinski definition) is 3. The zero-order chi connectivity index (χ0) is 14.7. The topological polar surface area (TPSA) is 84.6 Å². The number of nitrogens with two attached hydrogens (primary N) is 1. The zero-order valence-electron chi connectivity index (χ0n) is 10.7. The Kier molecular flexibility index (Phi) is 3.74. The molecule has 2 rings (SSSR count). The van der Waals surface area contributed by atoms with Crippen LogP contribution in [-0.2, 0) is 0 Å². The normalized spacial score (nSPS) is 10.1. The third-order valence-corrected chi connectivity index (χ3v) is 2.78. The summed E-state index contributed by atoms with van der Waals surface area (Å²) in [5.74, 6) is -0.0859. The van der Waals surface area contributed by atoms with Gasteiger partial charge in [-0.15, -0.1) is 0 Å². The minimum atomic E-state index is -1.24. The molecule has 0 atom stereocenters. The van der Waals surface area contributed by atoms with E-state index in [4.69, 9.17) is 15.6 Å². The lowest BCUT2D eigenvalue weighted by Crippen LogP contribution is -2.09. The van der Waals surface area contributed by atoms with Crippen molar-refractivity contribution in [3.63, 3.8) is 0 Å². The number of carboxylic acid groups (broad SMARTS) is 1. The van der Waals surface area contributed by atoms with E-state index < -0.39 is 11.9 Å². The van der Waals surface area contributed by atoms with Crippen molar-refractivity contribution >= 4 is 17.5 Å². The Hall–Kier alpha value is -2.76. The molecule has 2 aromatic rings. The highest BCUT2D eigenvalue weighted by molar-refractivity contribution is 5.91. The maximum absolute atomic E-state index is 13.8. The Morgan fingerprint density at radius 3 is 2.60 bits per heavy atom. The number of methoxy groups -OCH3 is 1. The highest BCUT2D eigenvalue weighted by atomic mass is 19.1. The molecule has 0 spiro atoms. The summed E-state index contributed by atoms with van der Waals surface area (Å²) in [5, 5.41) is 10.9. The lowest BCUT2D eigenvalue weighted by Gasteiger charge is -2.14. The van der Waals surface area contributed by atoms with Crippen LogP contribution in [0.15, 0.2) is 36.4 Å². The van der Waals surface area contributed by atoms with Crippen LogP contribution in [0.4, 0.5) is 20.6 Å². The second-order valence-corrected chi connectivity index (χ2v) is 4.05. The van der Waals surface area contributed by atoms with Gasteiger partial charge < -0.3 is 15.6 Å². The molecule has 0 aromatic heterocycles. The van der Waals surface area contributed by atoms with Crippen LogP contribution < -0.4 is 15.8 Å². The molecule has 5 nitrogen and oxygen atoms in total. The maximum Gasteiger partial charge on any atom is 0.409 e. The molecule has 0 radical (unpaired) electrons. The van der Waals surface area contributed by atoms with Gasteiger partial charge in [0, 0.05) is 17.2 Å².